The van der Waals surface area contributed by atoms with Gasteiger partial charge in [0, 0.05) is 35.0 Å². The molecular formula is C14H19BrN4S. The SMILES string of the molecule is CSN1CCC(Nc2ncc3c(n2)=C(Br)CCC=3)CC1. The lowest BCUT2D eigenvalue weighted by Crippen LogP contribution is -2.38. The number of rotatable bonds is 3. The summed E-state index contributed by atoms with van der Waals surface area (Å²) < 4.78 is 3.60. The van der Waals surface area contributed by atoms with Crippen molar-refractivity contribution in [1.29, 1.82) is 0 Å². The summed E-state index contributed by atoms with van der Waals surface area (Å²) in [5.74, 6) is 0.763. The van der Waals surface area contributed by atoms with Crippen LogP contribution in [0, 0.1) is 0 Å². The second kappa shape index (κ2) is 6.45. The smallest absolute Gasteiger partial charge is 0.223 e. The van der Waals surface area contributed by atoms with Gasteiger partial charge in [0.05, 0.1) is 5.35 Å². The summed E-state index contributed by atoms with van der Waals surface area (Å²) in [4.78, 5) is 9.12. The normalized spacial score (nSPS) is 20.4. The lowest BCUT2D eigenvalue weighted by Gasteiger charge is -2.30. The summed E-state index contributed by atoms with van der Waals surface area (Å²) >= 11 is 5.47. The van der Waals surface area contributed by atoms with Gasteiger partial charge in [0.25, 0.3) is 0 Å². The Morgan fingerprint density at radius 3 is 2.95 bits per heavy atom. The minimum Gasteiger partial charge on any atom is -0.351 e. The summed E-state index contributed by atoms with van der Waals surface area (Å²) in [6.07, 6.45) is 10.7. The van der Waals surface area contributed by atoms with Gasteiger partial charge >= 0.3 is 0 Å². The fraction of sp³-hybridized carbons (Fsp3) is 0.571. The zero-order valence-corrected chi connectivity index (χ0v) is 14.0. The molecule has 0 aromatic carbocycles. The maximum Gasteiger partial charge on any atom is 0.223 e. The molecule has 1 aliphatic heterocycles. The molecule has 1 aromatic heterocycles. The first-order valence-electron chi connectivity index (χ1n) is 7.04. The van der Waals surface area contributed by atoms with Crippen LogP contribution in [0.1, 0.15) is 25.7 Å². The number of fused-ring (bicyclic) bond motifs is 1. The van der Waals surface area contributed by atoms with Crippen molar-refractivity contribution in [2.24, 2.45) is 0 Å². The van der Waals surface area contributed by atoms with E-state index in [1.807, 2.05) is 18.1 Å². The lowest BCUT2D eigenvalue weighted by atomic mass is 10.1. The number of hydrogen-bond donors (Lipinski definition) is 1. The maximum atomic E-state index is 4.67. The lowest BCUT2D eigenvalue weighted by molar-refractivity contribution is 0.358. The van der Waals surface area contributed by atoms with Crippen LogP contribution >= 0.6 is 27.9 Å². The van der Waals surface area contributed by atoms with Crippen LogP contribution in [0.4, 0.5) is 5.95 Å². The van der Waals surface area contributed by atoms with E-state index in [1.54, 1.807) is 0 Å². The summed E-state index contributed by atoms with van der Waals surface area (Å²) in [6, 6.07) is 0.489. The van der Waals surface area contributed by atoms with E-state index in [1.165, 1.54) is 4.48 Å². The quantitative estimate of drug-likeness (QED) is 0.836. The summed E-state index contributed by atoms with van der Waals surface area (Å²) in [6.45, 7) is 2.26. The predicted octanol–water partition coefficient (Wildman–Crippen LogP) is 1.71. The third kappa shape index (κ3) is 3.18. The molecule has 108 valence electrons. The van der Waals surface area contributed by atoms with E-state index in [0.29, 0.717) is 6.04 Å². The Morgan fingerprint density at radius 2 is 2.20 bits per heavy atom. The van der Waals surface area contributed by atoms with Gasteiger partial charge in [0.1, 0.15) is 0 Å². The molecule has 0 amide bonds. The van der Waals surface area contributed by atoms with Crippen molar-refractivity contribution < 1.29 is 0 Å². The third-order valence-corrected chi connectivity index (χ3v) is 5.50. The molecule has 3 rings (SSSR count). The molecule has 20 heavy (non-hydrogen) atoms. The molecule has 0 saturated carbocycles. The molecule has 4 nitrogen and oxygen atoms in total. The molecule has 2 heterocycles. The molecule has 1 aliphatic carbocycles. The Morgan fingerprint density at radius 1 is 1.40 bits per heavy atom. The first kappa shape index (κ1) is 14.4. The average molecular weight is 355 g/mol. The number of halogens is 1. The molecule has 0 spiro atoms. The topological polar surface area (TPSA) is 41.0 Å². The van der Waals surface area contributed by atoms with E-state index in [0.717, 1.165) is 55.3 Å². The van der Waals surface area contributed by atoms with Crippen LogP contribution in [0.25, 0.3) is 10.6 Å². The van der Waals surface area contributed by atoms with Gasteiger partial charge in [0.15, 0.2) is 0 Å². The first-order chi connectivity index (χ1) is 9.76. The van der Waals surface area contributed by atoms with Gasteiger partial charge < -0.3 is 5.32 Å². The number of aromatic nitrogens is 2. The number of nitrogens with zero attached hydrogens (tertiary/aromatic N) is 3. The van der Waals surface area contributed by atoms with Gasteiger partial charge in [-0.1, -0.05) is 34.0 Å². The zero-order valence-electron chi connectivity index (χ0n) is 11.6. The highest BCUT2D eigenvalue weighted by Crippen LogP contribution is 2.18. The fourth-order valence-electron chi connectivity index (χ4n) is 2.67. The van der Waals surface area contributed by atoms with E-state index in [2.05, 4.69) is 47.9 Å². The van der Waals surface area contributed by atoms with Crippen LogP contribution < -0.4 is 15.9 Å². The van der Waals surface area contributed by atoms with Crippen LogP contribution in [0.2, 0.25) is 0 Å². The molecule has 1 saturated heterocycles. The minimum atomic E-state index is 0.489. The Bertz CT molecular complexity index is 596. The minimum absolute atomic E-state index is 0.489. The van der Waals surface area contributed by atoms with E-state index >= 15 is 0 Å². The molecular weight excluding hydrogens is 336 g/mol. The fourth-order valence-corrected chi connectivity index (χ4v) is 3.79. The van der Waals surface area contributed by atoms with Gasteiger partial charge in [-0.15, -0.1) is 0 Å². The van der Waals surface area contributed by atoms with Gasteiger partial charge in [0.2, 0.25) is 5.95 Å². The monoisotopic (exact) mass is 354 g/mol. The van der Waals surface area contributed by atoms with Crippen LogP contribution in [0.3, 0.4) is 0 Å². The second-order valence-electron chi connectivity index (χ2n) is 5.18. The number of anilines is 1. The molecule has 0 unspecified atom stereocenters. The third-order valence-electron chi connectivity index (χ3n) is 3.85. The van der Waals surface area contributed by atoms with E-state index < -0.39 is 0 Å². The second-order valence-corrected chi connectivity index (χ2v) is 7.01. The largest absolute Gasteiger partial charge is 0.351 e. The average Bonchev–Trinajstić information content (AvgIpc) is 2.49. The molecule has 0 atom stereocenters. The highest BCUT2D eigenvalue weighted by Gasteiger charge is 2.19. The molecule has 1 fully saturated rings. The Kier molecular flexibility index (Phi) is 4.63. The Labute approximate surface area is 132 Å². The molecule has 6 heteroatoms. The Hall–Kier alpha value is -0.590. The van der Waals surface area contributed by atoms with Crippen molar-refractivity contribution in [2.75, 3.05) is 24.7 Å². The van der Waals surface area contributed by atoms with Crippen molar-refractivity contribution in [3.63, 3.8) is 0 Å². The van der Waals surface area contributed by atoms with Gasteiger partial charge in [-0.2, -0.15) is 0 Å². The Balaban J connectivity index is 1.74. The van der Waals surface area contributed by atoms with Crippen LogP contribution in [-0.4, -0.2) is 39.7 Å². The highest BCUT2D eigenvalue weighted by atomic mass is 79.9. The van der Waals surface area contributed by atoms with Gasteiger partial charge in [-0.3, -0.25) is 4.31 Å². The van der Waals surface area contributed by atoms with Crippen molar-refractivity contribution in [3.8, 4) is 0 Å². The van der Waals surface area contributed by atoms with E-state index in [9.17, 15) is 0 Å². The number of nitrogens with one attached hydrogen (secondary N) is 1. The van der Waals surface area contributed by atoms with Crippen LogP contribution in [0.5, 0.6) is 0 Å². The number of piperidine rings is 1. The first-order valence-corrected chi connectivity index (χ1v) is 9.01. The number of hydrogen-bond acceptors (Lipinski definition) is 5. The molecule has 1 N–H and O–H groups in total. The standard InChI is InChI=1S/C14H19BrN4S/c1-20-19-7-5-11(6-8-19)17-14-16-9-10-3-2-4-12(15)13(10)18-14/h3,9,11H,2,4-8H2,1H3,(H,17,18). The van der Waals surface area contributed by atoms with Gasteiger partial charge in [-0.25, -0.2) is 9.97 Å². The van der Waals surface area contributed by atoms with Crippen molar-refractivity contribution in [2.45, 2.75) is 31.7 Å². The molecule has 1 aromatic rings. The predicted molar refractivity (Wildman–Crippen MR) is 89.0 cm³/mol. The highest BCUT2D eigenvalue weighted by molar-refractivity contribution is 9.14. The zero-order chi connectivity index (χ0) is 13.9. The maximum absolute atomic E-state index is 4.67. The molecule has 0 bridgehead atoms. The molecule has 0 radical (unpaired) electrons. The summed E-state index contributed by atoms with van der Waals surface area (Å²) in [5.41, 5.74) is 0. The molecule has 2 aliphatic rings. The van der Waals surface area contributed by atoms with Crippen molar-refractivity contribution in [1.82, 2.24) is 14.3 Å². The summed E-state index contributed by atoms with van der Waals surface area (Å²) in [5, 5.41) is 5.69. The van der Waals surface area contributed by atoms with Crippen LogP contribution in [-0.2, 0) is 0 Å². The van der Waals surface area contributed by atoms with E-state index in [4.69, 9.17) is 0 Å². The van der Waals surface area contributed by atoms with Gasteiger partial charge in [-0.05, 0) is 31.9 Å². The van der Waals surface area contributed by atoms with Crippen molar-refractivity contribution in [3.05, 3.63) is 16.8 Å². The van der Waals surface area contributed by atoms with Crippen molar-refractivity contribution >= 4 is 44.4 Å². The van der Waals surface area contributed by atoms with Crippen LogP contribution in [0.15, 0.2) is 6.20 Å². The van der Waals surface area contributed by atoms with E-state index in [-0.39, 0.29) is 0 Å². The summed E-state index contributed by atoms with van der Waals surface area (Å²) in [7, 11) is 0.